The standard InChI is InChI=1S/C13H11BrCl2O2/c1-7(17)6-8-2-5-11(18-8)9-3-4-10(14)13(16)12(9)15/h2-5,7,17H,6H2,1H3. The monoisotopic (exact) mass is 348 g/mol. The number of aliphatic hydroxyl groups excluding tert-OH is 1. The van der Waals surface area contributed by atoms with E-state index in [2.05, 4.69) is 15.9 Å². The van der Waals surface area contributed by atoms with Crippen molar-refractivity contribution >= 4 is 39.1 Å². The van der Waals surface area contributed by atoms with Gasteiger partial charge in [-0.3, -0.25) is 0 Å². The highest BCUT2D eigenvalue weighted by Crippen LogP contribution is 2.38. The lowest BCUT2D eigenvalue weighted by atomic mass is 10.2. The second-order valence-electron chi connectivity index (χ2n) is 4.04. The SMILES string of the molecule is CC(O)Cc1ccc(-c2ccc(Br)c(Cl)c2Cl)o1. The van der Waals surface area contributed by atoms with Crippen molar-refractivity contribution in [3.8, 4) is 11.3 Å². The zero-order valence-electron chi connectivity index (χ0n) is 9.58. The Balaban J connectivity index is 2.37. The van der Waals surface area contributed by atoms with E-state index in [0.29, 0.717) is 22.2 Å². The van der Waals surface area contributed by atoms with Crippen LogP contribution in [0, 0.1) is 0 Å². The van der Waals surface area contributed by atoms with E-state index in [1.165, 1.54) is 0 Å². The lowest BCUT2D eigenvalue weighted by Gasteiger charge is -2.05. The number of benzene rings is 1. The molecule has 0 radical (unpaired) electrons. The summed E-state index contributed by atoms with van der Waals surface area (Å²) >= 11 is 15.6. The Morgan fingerprint density at radius 1 is 1.22 bits per heavy atom. The van der Waals surface area contributed by atoms with Gasteiger partial charge < -0.3 is 9.52 Å². The molecule has 0 spiro atoms. The summed E-state index contributed by atoms with van der Waals surface area (Å²) in [5.41, 5.74) is 0.738. The molecule has 0 amide bonds. The van der Waals surface area contributed by atoms with Crippen molar-refractivity contribution in [2.45, 2.75) is 19.4 Å². The number of hydrogen-bond acceptors (Lipinski definition) is 2. The highest BCUT2D eigenvalue weighted by atomic mass is 79.9. The number of hydrogen-bond donors (Lipinski definition) is 1. The average Bonchev–Trinajstić information content (AvgIpc) is 2.73. The molecule has 2 aromatic rings. The second-order valence-corrected chi connectivity index (χ2v) is 5.65. The minimum Gasteiger partial charge on any atom is -0.461 e. The number of aliphatic hydroxyl groups is 1. The molecule has 0 saturated heterocycles. The van der Waals surface area contributed by atoms with Gasteiger partial charge in [-0.2, -0.15) is 0 Å². The molecule has 0 aliphatic carbocycles. The van der Waals surface area contributed by atoms with E-state index in [-0.39, 0.29) is 0 Å². The highest BCUT2D eigenvalue weighted by molar-refractivity contribution is 9.10. The molecule has 0 aliphatic rings. The minimum atomic E-state index is -0.437. The molecular weight excluding hydrogens is 339 g/mol. The van der Waals surface area contributed by atoms with E-state index in [9.17, 15) is 5.11 Å². The van der Waals surface area contributed by atoms with Gasteiger partial charge in [-0.25, -0.2) is 0 Å². The summed E-state index contributed by atoms with van der Waals surface area (Å²) < 4.78 is 6.38. The molecule has 0 saturated carbocycles. The van der Waals surface area contributed by atoms with Crippen LogP contribution in [0.1, 0.15) is 12.7 Å². The average molecular weight is 350 g/mol. The molecule has 0 bridgehead atoms. The fourth-order valence-electron chi connectivity index (χ4n) is 1.64. The maximum Gasteiger partial charge on any atom is 0.135 e. The third-order valence-corrected chi connectivity index (χ3v) is 4.23. The first-order valence-electron chi connectivity index (χ1n) is 5.39. The number of halogens is 3. The summed E-state index contributed by atoms with van der Waals surface area (Å²) in [6, 6.07) is 7.31. The van der Waals surface area contributed by atoms with Crippen LogP contribution in [0.25, 0.3) is 11.3 Å². The van der Waals surface area contributed by atoms with Crippen LogP contribution in [-0.2, 0) is 6.42 Å². The van der Waals surface area contributed by atoms with E-state index in [1.807, 2.05) is 24.3 Å². The number of rotatable bonds is 3. The molecule has 1 heterocycles. The summed E-state index contributed by atoms with van der Waals surface area (Å²) in [6.45, 7) is 1.71. The van der Waals surface area contributed by atoms with Crippen LogP contribution in [0.3, 0.4) is 0 Å². The Morgan fingerprint density at radius 2 is 1.94 bits per heavy atom. The van der Waals surface area contributed by atoms with E-state index in [1.54, 1.807) is 6.92 Å². The van der Waals surface area contributed by atoms with Crippen LogP contribution in [0.4, 0.5) is 0 Å². The zero-order chi connectivity index (χ0) is 13.3. The van der Waals surface area contributed by atoms with Crippen molar-refractivity contribution in [2.75, 3.05) is 0 Å². The van der Waals surface area contributed by atoms with Crippen LogP contribution in [-0.4, -0.2) is 11.2 Å². The third-order valence-electron chi connectivity index (χ3n) is 2.46. The van der Waals surface area contributed by atoms with Gasteiger partial charge in [0.2, 0.25) is 0 Å². The summed E-state index contributed by atoms with van der Waals surface area (Å²) in [7, 11) is 0. The van der Waals surface area contributed by atoms with Crippen molar-refractivity contribution in [3.63, 3.8) is 0 Å². The van der Waals surface area contributed by atoms with Gasteiger partial charge >= 0.3 is 0 Å². The Hall–Kier alpha value is -0.480. The molecule has 0 fully saturated rings. The molecule has 0 aliphatic heterocycles. The van der Waals surface area contributed by atoms with Crippen molar-refractivity contribution in [1.82, 2.24) is 0 Å². The zero-order valence-corrected chi connectivity index (χ0v) is 12.7. The molecule has 2 rings (SSSR count). The van der Waals surface area contributed by atoms with Crippen molar-refractivity contribution < 1.29 is 9.52 Å². The predicted molar refractivity (Wildman–Crippen MR) is 77.2 cm³/mol. The third kappa shape index (κ3) is 2.91. The predicted octanol–water partition coefficient (Wildman–Crippen LogP) is 4.94. The van der Waals surface area contributed by atoms with Crippen LogP contribution < -0.4 is 0 Å². The van der Waals surface area contributed by atoms with Gasteiger partial charge in [-0.15, -0.1) is 0 Å². The van der Waals surface area contributed by atoms with Crippen LogP contribution in [0.15, 0.2) is 33.2 Å². The Labute approximate surface area is 124 Å². The summed E-state index contributed by atoms with van der Waals surface area (Å²) in [4.78, 5) is 0. The normalized spacial score (nSPS) is 12.7. The molecule has 1 unspecified atom stereocenters. The van der Waals surface area contributed by atoms with Gasteiger partial charge in [0.1, 0.15) is 11.5 Å². The maximum atomic E-state index is 9.31. The second kappa shape index (κ2) is 5.66. The Bertz CT molecular complexity index is 564. The lowest BCUT2D eigenvalue weighted by Crippen LogP contribution is -2.02. The topological polar surface area (TPSA) is 33.4 Å². The molecule has 1 atom stereocenters. The van der Waals surface area contributed by atoms with E-state index >= 15 is 0 Å². The number of furan rings is 1. The summed E-state index contributed by atoms with van der Waals surface area (Å²) in [5, 5.41) is 10.2. The first-order valence-corrected chi connectivity index (χ1v) is 6.94. The molecule has 1 aromatic carbocycles. The van der Waals surface area contributed by atoms with Crippen LogP contribution >= 0.6 is 39.1 Å². The van der Waals surface area contributed by atoms with Gasteiger partial charge in [0.25, 0.3) is 0 Å². The van der Waals surface area contributed by atoms with Crippen molar-refractivity contribution in [3.05, 3.63) is 44.5 Å². The van der Waals surface area contributed by atoms with Gasteiger partial charge in [0.15, 0.2) is 0 Å². The van der Waals surface area contributed by atoms with Gasteiger partial charge in [-0.05, 0) is 47.1 Å². The fourth-order valence-corrected chi connectivity index (χ4v) is 2.51. The molecule has 2 nitrogen and oxygen atoms in total. The first kappa shape index (κ1) is 13.9. The van der Waals surface area contributed by atoms with Crippen LogP contribution in [0.5, 0.6) is 0 Å². The Morgan fingerprint density at radius 3 is 2.61 bits per heavy atom. The van der Waals surface area contributed by atoms with E-state index < -0.39 is 6.10 Å². The highest BCUT2D eigenvalue weighted by Gasteiger charge is 2.13. The van der Waals surface area contributed by atoms with Crippen molar-refractivity contribution in [2.24, 2.45) is 0 Å². The molecule has 96 valence electrons. The summed E-state index contributed by atoms with van der Waals surface area (Å²) in [6.07, 6.45) is 0.0370. The summed E-state index contributed by atoms with van der Waals surface area (Å²) in [5.74, 6) is 1.36. The van der Waals surface area contributed by atoms with Crippen molar-refractivity contribution in [1.29, 1.82) is 0 Å². The van der Waals surface area contributed by atoms with Gasteiger partial charge in [0.05, 0.1) is 16.1 Å². The molecular formula is C13H11BrCl2O2. The lowest BCUT2D eigenvalue weighted by molar-refractivity contribution is 0.187. The Kier molecular flexibility index (Phi) is 4.38. The molecule has 5 heteroatoms. The fraction of sp³-hybridized carbons (Fsp3) is 0.231. The van der Waals surface area contributed by atoms with E-state index in [4.69, 9.17) is 27.6 Å². The van der Waals surface area contributed by atoms with Crippen LogP contribution in [0.2, 0.25) is 10.0 Å². The molecule has 1 aromatic heterocycles. The molecule has 18 heavy (non-hydrogen) atoms. The van der Waals surface area contributed by atoms with Gasteiger partial charge in [0, 0.05) is 16.5 Å². The largest absolute Gasteiger partial charge is 0.461 e. The van der Waals surface area contributed by atoms with Gasteiger partial charge in [-0.1, -0.05) is 23.2 Å². The molecule has 1 N–H and O–H groups in total. The first-order chi connectivity index (χ1) is 8.49. The maximum absolute atomic E-state index is 9.31. The quantitative estimate of drug-likeness (QED) is 0.796. The smallest absolute Gasteiger partial charge is 0.135 e. The van der Waals surface area contributed by atoms with E-state index in [0.717, 1.165) is 15.8 Å². The minimum absolute atomic E-state index is 0.437.